The molecule has 4 N–H and O–H groups in total. The number of carboxylic acids is 1. The summed E-state index contributed by atoms with van der Waals surface area (Å²) < 4.78 is 13.2. The van der Waals surface area contributed by atoms with Crippen LogP contribution >= 0.6 is 0 Å². The van der Waals surface area contributed by atoms with Crippen molar-refractivity contribution in [2.75, 3.05) is 0 Å². The SMILES string of the molecule is O=C(O)[C@@H]1Cc2c([nH]c3ccc(O)cc23)C(c2ccc(F)cc2)N1. The maximum atomic E-state index is 13.2. The largest absolute Gasteiger partial charge is 0.508 e. The number of halogens is 1. The number of aromatic nitrogens is 1. The van der Waals surface area contributed by atoms with E-state index in [2.05, 4.69) is 10.3 Å². The minimum absolute atomic E-state index is 0.132. The first kappa shape index (κ1) is 14.7. The number of carbonyl (C=O) groups is 1. The van der Waals surface area contributed by atoms with Gasteiger partial charge in [-0.25, -0.2) is 4.39 Å². The average Bonchev–Trinajstić information content (AvgIpc) is 2.92. The molecule has 2 heterocycles. The van der Waals surface area contributed by atoms with E-state index in [1.807, 2.05) is 0 Å². The summed E-state index contributed by atoms with van der Waals surface area (Å²) in [5.41, 5.74) is 3.32. The van der Waals surface area contributed by atoms with Crippen LogP contribution in [0.4, 0.5) is 4.39 Å². The Morgan fingerprint density at radius 1 is 1.17 bits per heavy atom. The summed E-state index contributed by atoms with van der Waals surface area (Å²) >= 11 is 0. The van der Waals surface area contributed by atoms with Crippen LogP contribution in [0.2, 0.25) is 0 Å². The third-order valence-corrected chi connectivity index (χ3v) is 4.49. The van der Waals surface area contributed by atoms with Crippen molar-refractivity contribution >= 4 is 16.9 Å². The Morgan fingerprint density at radius 3 is 2.62 bits per heavy atom. The first-order chi connectivity index (χ1) is 11.5. The van der Waals surface area contributed by atoms with E-state index >= 15 is 0 Å². The Balaban J connectivity index is 1.90. The van der Waals surface area contributed by atoms with Crippen LogP contribution in [0, 0.1) is 5.82 Å². The molecule has 0 amide bonds. The highest BCUT2D eigenvalue weighted by atomic mass is 19.1. The van der Waals surface area contributed by atoms with Crippen LogP contribution in [-0.4, -0.2) is 27.2 Å². The van der Waals surface area contributed by atoms with E-state index in [0.29, 0.717) is 6.42 Å². The minimum Gasteiger partial charge on any atom is -0.508 e. The average molecular weight is 326 g/mol. The number of hydrogen-bond donors (Lipinski definition) is 4. The lowest BCUT2D eigenvalue weighted by molar-refractivity contribution is -0.139. The zero-order valence-corrected chi connectivity index (χ0v) is 12.6. The molecule has 4 rings (SSSR count). The van der Waals surface area contributed by atoms with E-state index in [4.69, 9.17) is 0 Å². The smallest absolute Gasteiger partial charge is 0.321 e. The number of nitrogens with one attached hydrogen (secondary N) is 2. The van der Waals surface area contributed by atoms with Gasteiger partial charge in [0.1, 0.15) is 17.6 Å². The molecule has 1 unspecified atom stereocenters. The maximum absolute atomic E-state index is 13.2. The molecule has 6 heteroatoms. The molecule has 3 aromatic rings. The third-order valence-electron chi connectivity index (χ3n) is 4.49. The van der Waals surface area contributed by atoms with Crippen LogP contribution in [0.25, 0.3) is 10.9 Å². The Kier molecular flexibility index (Phi) is 3.28. The zero-order valence-electron chi connectivity index (χ0n) is 12.6. The van der Waals surface area contributed by atoms with Crippen LogP contribution in [-0.2, 0) is 11.2 Å². The number of phenolic OH excluding ortho intramolecular Hbond substituents is 1. The molecule has 1 aromatic heterocycles. The number of aromatic hydroxyl groups is 1. The molecular weight excluding hydrogens is 311 g/mol. The topological polar surface area (TPSA) is 85.3 Å². The van der Waals surface area contributed by atoms with E-state index in [-0.39, 0.29) is 17.6 Å². The highest BCUT2D eigenvalue weighted by Crippen LogP contribution is 2.36. The summed E-state index contributed by atoms with van der Waals surface area (Å²) in [5, 5.41) is 23.1. The number of H-pyrrole nitrogens is 1. The maximum Gasteiger partial charge on any atom is 0.321 e. The second-order valence-corrected chi connectivity index (χ2v) is 5.99. The molecule has 0 bridgehead atoms. The van der Waals surface area contributed by atoms with E-state index < -0.39 is 12.0 Å². The normalized spacial score (nSPS) is 20.0. The van der Waals surface area contributed by atoms with Crippen molar-refractivity contribution in [3.05, 3.63) is 65.1 Å². The number of benzene rings is 2. The van der Waals surface area contributed by atoms with Crippen molar-refractivity contribution in [3.8, 4) is 5.75 Å². The fraction of sp³-hybridized carbons (Fsp3) is 0.167. The Hall–Kier alpha value is -2.86. The third kappa shape index (κ3) is 2.32. The molecule has 0 saturated heterocycles. The van der Waals surface area contributed by atoms with Gasteiger partial charge in [-0.2, -0.15) is 0 Å². The van der Waals surface area contributed by atoms with E-state index in [0.717, 1.165) is 27.7 Å². The summed E-state index contributed by atoms with van der Waals surface area (Å²) in [4.78, 5) is 14.8. The highest BCUT2D eigenvalue weighted by Gasteiger charge is 2.33. The van der Waals surface area contributed by atoms with Crippen molar-refractivity contribution in [1.82, 2.24) is 10.3 Å². The fourth-order valence-corrected chi connectivity index (χ4v) is 3.35. The number of fused-ring (bicyclic) bond motifs is 3. The standard InChI is InChI=1S/C18H15FN2O3/c19-10-3-1-9(2-4-10)16-17-13(8-15(21-16)18(23)24)12-7-11(22)5-6-14(12)20-17/h1-7,15-16,20-22H,8H2,(H,23,24)/t15-,16?/m0/s1. The molecule has 0 fully saturated rings. The number of hydrogen-bond acceptors (Lipinski definition) is 3. The summed E-state index contributed by atoms with van der Waals surface area (Å²) in [6.45, 7) is 0. The van der Waals surface area contributed by atoms with Gasteiger partial charge < -0.3 is 15.2 Å². The van der Waals surface area contributed by atoms with E-state index in [1.54, 1.807) is 30.3 Å². The van der Waals surface area contributed by atoms with Crippen molar-refractivity contribution in [2.45, 2.75) is 18.5 Å². The molecule has 24 heavy (non-hydrogen) atoms. The highest BCUT2D eigenvalue weighted by molar-refractivity contribution is 5.88. The molecule has 2 atom stereocenters. The van der Waals surface area contributed by atoms with Gasteiger partial charge in [0, 0.05) is 23.0 Å². The van der Waals surface area contributed by atoms with Crippen molar-refractivity contribution in [3.63, 3.8) is 0 Å². The number of aromatic amines is 1. The summed E-state index contributed by atoms with van der Waals surface area (Å²) in [7, 11) is 0. The van der Waals surface area contributed by atoms with Gasteiger partial charge in [-0.1, -0.05) is 12.1 Å². The van der Waals surface area contributed by atoms with Gasteiger partial charge in [0.05, 0.1) is 6.04 Å². The second-order valence-electron chi connectivity index (χ2n) is 5.99. The number of carboxylic acid groups (broad SMARTS) is 1. The van der Waals surface area contributed by atoms with Gasteiger partial charge in [0.25, 0.3) is 0 Å². The first-order valence-electron chi connectivity index (χ1n) is 7.60. The Bertz CT molecular complexity index is 933. The fourth-order valence-electron chi connectivity index (χ4n) is 3.35. The molecule has 122 valence electrons. The summed E-state index contributed by atoms with van der Waals surface area (Å²) in [6.07, 6.45) is 0.311. The van der Waals surface area contributed by atoms with Crippen molar-refractivity contribution in [1.29, 1.82) is 0 Å². The number of aliphatic carboxylic acids is 1. The second kappa shape index (κ2) is 5.35. The monoisotopic (exact) mass is 326 g/mol. The van der Waals surface area contributed by atoms with Crippen LogP contribution in [0.15, 0.2) is 42.5 Å². The van der Waals surface area contributed by atoms with E-state index in [1.165, 1.54) is 12.1 Å². The summed E-state index contributed by atoms with van der Waals surface area (Å²) in [6, 6.07) is 9.84. The molecule has 0 aliphatic carbocycles. The van der Waals surface area contributed by atoms with Gasteiger partial charge in [-0.3, -0.25) is 10.1 Å². The van der Waals surface area contributed by atoms with Crippen LogP contribution in [0.5, 0.6) is 5.75 Å². The molecular formula is C18H15FN2O3. The van der Waals surface area contributed by atoms with Gasteiger partial charge in [-0.05, 0) is 41.5 Å². The lowest BCUT2D eigenvalue weighted by Gasteiger charge is -2.29. The first-order valence-corrected chi connectivity index (χ1v) is 7.60. The number of rotatable bonds is 2. The molecule has 1 aliphatic rings. The quantitative estimate of drug-likeness (QED) is 0.583. The zero-order chi connectivity index (χ0) is 16.8. The van der Waals surface area contributed by atoms with Gasteiger partial charge in [0.2, 0.25) is 0 Å². The molecule has 0 saturated carbocycles. The minimum atomic E-state index is -0.942. The number of phenols is 1. The molecule has 2 aromatic carbocycles. The molecule has 0 radical (unpaired) electrons. The molecule has 5 nitrogen and oxygen atoms in total. The predicted molar refractivity (Wildman–Crippen MR) is 86.5 cm³/mol. The summed E-state index contributed by atoms with van der Waals surface area (Å²) in [5.74, 6) is -1.15. The Labute approximate surface area is 136 Å². The lowest BCUT2D eigenvalue weighted by Crippen LogP contribution is -2.44. The Morgan fingerprint density at radius 2 is 1.92 bits per heavy atom. The predicted octanol–water partition coefficient (Wildman–Crippen LogP) is 2.70. The van der Waals surface area contributed by atoms with Crippen molar-refractivity contribution < 1.29 is 19.4 Å². The van der Waals surface area contributed by atoms with Crippen LogP contribution in [0.1, 0.15) is 22.9 Å². The van der Waals surface area contributed by atoms with Crippen molar-refractivity contribution in [2.24, 2.45) is 0 Å². The van der Waals surface area contributed by atoms with Gasteiger partial charge >= 0.3 is 5.97 Å². The van der Waals surface area contributed by atoms with E-state index in [9.17, 15) is 19.4 Å². The molecule has 0 spiro atoms. The van der Waals surface area contributed by atoms with Crippen LogP contribution < -0.4 is 5.32 Å². The van der Waals surface area contributed by atoms with Crippen LogP contribution in [0.3, 0.4) is 0 Å². The molecule has 1 aliphatic heterocycles. The lowest BCUT2D eigenvalue weighted by atomic mass is 9.90. The van der Waals surface area contributed by atoms with Gasteiger partial charge in [0.15, 0.2) is 0 Å². The van der Waals surface area contributed by atoms with Gasteiger partial charge in [-0.15, -0.1) is 0 Å².